The maximum Gasteiger partial charge on any atom is 0.239 e. The molecule has 2 heterocycles. The normalized spacial score (nSPS) is 21.5. The molecule has 2 aliphatic rings. The van der Waals surface area contributed by atoms with Crippen molar-refractivity contribution in [2.24, 2.45) is 17.6 Å². The van der Waals surface area contributed by atoms with E-state index in [0.29, 0.717) is 29.7 Å². The zero-order valence-electron chi connectivity index (χ0n) is 14.7. The largest absolute Gasteiger partial charge is 0.468 e. The molecule has 1 aromatic heterocycles. The van der Waals surface area contributed by atoms with Crippen LogP contribution < -0.4 is 5.73 Å². The number of hydrogen-bond donors (Lipinski definition) is 1. The lowest BCUT2D eigenvalue weighted by molar-refractivity contribution is -0.133. The Balaban J connectivity index is 1.49. The van der Waals surface area contributed by atoms with Gasteiger partial charge < -0.3 is 15.1 Å². The second-order valence-electron chi connectivity index (χ2n) is 7.57. The Labute approximate surface area is 143 Å². The molecule has 1 saturated heterocycles. The number of piperidine rings is 1. The van der Waals surface area contributed by atoms with E-state index in [0.717, 1.165) is 31.7 Å². The number of Topliss-reactive ketones (excluding diaryl/α,β-unsaturated/α-hetero) is 1. The second-order valence-corrected chi connectivity index (χ2v) is 7.57. The summed E-state index contributed by atoms with van der Waals surface area (Å²) < 4.78 is 5.52. The summed E-state index contributed by atoms with van der Waals surface area (Å²) in [6.45, 7) is 5.38. The average Bonchev–Trinajstić information content (AvgIpc) is 3.31. The van der Waals surface area contributed by atoms with Crippen molar-refractivity contribution >= 4 is 11.7 Å². The molecule has 1 aromatic rings. The van der Waals surface area contributed by atoms with E-state index in [2.05, 4.69) is 6.92 Å². The number of nitrogens with two attached hydrogens (primary N) is 1. The molecule has 0 aromatic carbocycles. The van der Waals surface area contributed by atoms with E-state index in [9.17, 15) is 9.59 Å². The first kappa shape index (κ1) is 17.2. The highest BCUT2D eigenvalue weighted by atomic mass is 16.3. The molecular formula is C19H28N2O3. The summed E-state index contributed by atoms with van der Waals surface area (Å²) in [5.74, 6) is 2.52. The smallest absolute Gasteiger partial charge is 0.239 e. The molecule has 1 amide bonds. The van der Waals surface area contributed by atoms with Gasteiger partial charge in [-0.2, -0.15) is 0 Å². The summed E-state index contributed by atoms with van der Waals surface area (Å²) in [7, 11) is 0. The number of carbonyl (C=O) groups is 2. The lowest BCUT2D eigenvalue weighted by atomic mass is 9.82. The molecular weight excluding hydrogens is 304 g/mol. The lowest BCUT2D eigenvalue weighted by Gasteiger charge is -2.35. The Kier molecular flexibility index (Phi) is 5.09. The number of nitrogens with zero attached hydrogens (tertiary/aromatic N) is 1. The summed E-state index contributed by atoms with van der Waals surface area (Å²) in [6, 6.07) is 1.50. The summed E-state index contributed by atoms with van der Waals surface area (Å²) >= 11 is 0. The van der Waals surface area contributed by atoms with Gasteiger partial charge in [-0.1, -0.05) is 6.92 Å². The van der Waals surface area contributed by atoms with Crippen molar-refractivity contribution in [3.63, 3.8) is 0 Å². The van der Waals surface area contributed by atoms with E-state index in [1.165, 1.54) is 12.8 Å². The van der Waals surface area contributed by atoms with Gasteiger partial charge in [-0.3, -0.25) is 9.59 Å². The van der Waals surface area contributed by atoms with Gasteiger partial charge in [0.1, 0.15) is 12.0 Å². The van der Waals surface area contributed by atoms with Crippen LogP contribution in [0.3, 0.4) is 0 Å². The first-order valence-corrected chi connectivity index (χ1v) is 9.11. The molecule has 2 fully saturated rings. The maximum absolute atomic E-state index is 12.5. The van der Waals surface area contributed by atoms with Gasteiger partial charge >= 0.3 is 0 Å². The molecule has 5 nitrogen and oxygen atoms in total. The molecule has 1 aliphatic carbocycles. The summed E-state index contributed by atoms with van der Waals surface area (Å²) in [6.07, 6.45) is 6.42. The van der Waals surface area contributed by atoms with Gasteiger partial charge in [-0.25, -0.2) is 0 Å². The predicted octanol–water partition coefficient (Wildman–Crippen LogP) is 2.95. The molecule has 1 saturated carbocycles. The third kappa shape index (κ3) is 3.89. The van der Waals surface area contributed by atoms with Gasteiger partial charge in [0.05, 0.1) is 11.6 Å². The van der Waals surface area contributed by atoms with Crippen molar-refractivity contribution in [3.8, 4) is 0 Å². The van der Waals surface area contributed by atoms with E-state index >= 15 is 0 Å². The van der Waals surface area contributed by atoms with Gasteiger partial charge in [-0.15, -0.1) is 0 Å². The Hall–Kier alpha value is -1.62. The number of rotatable bonds is 6. The summed E-state index contributed by atoms with van der Waals surface area (Å²) in [5.41, 5.74) is 6.39. The minimum absolute atomic E-state index is 0.0307. The highest BCUT2D eigenvalue weighted by Crippen LogP contribution is 2.41. The fourth-order valence-corrected chi connectivity index (χ4v) is 3.63. The van der Waals surface area contributed by atoms with Gasteiger partial charge in [-0.05, 0) is 50.5 Å². The molecule has 1 unspecified atom stereocenters. The molecule has 3 rings (SSSR count). The van der Waals surface area contributed by atoms with Crippen molar-refractivity contribution in [3.05, 3.63) is 23.7 Å². The third-order valence-electron chi connectivity index (χ3n) is 5.47. The van der Waals surface area contributed by atoms with Crippen LogP contribution in [0.4, 0.5) is 0 Å². The van der Waals surface area contributed by atoms with Gasteiger partial charge in [0, 0.05) is 25.4 Å². The third-order valence-corrected chi connectivity index (χ3v) is 5.47. The van der Waals surface area contributed by atoms with Crippen LogP contribution in [0.5, 0.6) is 0 Å². The van der Waals surface area contributed by atoms with Crippen LogP contribution in [-0.4, -0.2) is 35.7 Å². The van der Waals surface area contributed by atoms with E-state index in [-0.39, 0.29) is 11.7 Å². The number of ketones is 1. The lowest BCUT2D eigenvalue weighted by Crippen LogP contribution is -2.46. The monoisotopic (exact) mass is 332 g/mol. The van der Waals surface area contributed by atoms with Crippen LogP contribution >= 0.6 is 0 Å². The van der Waals surface area contributed by atoms with E-state index in [4.69, 9.17) is 10.2 Å². The first-order chi connectivity index (χ1) is 11.5. The molecule has 0 spiro atoms. The first-order valence-electron chi connectivity index (χ1n) is 9.11. The Morgan fingerprint density at radius 3 is 2.50 bits per heavy atom. The molecule has 24 heavy (non-hydrogen) atoms. The molecule has 0 bridgehead atoms. The Morgan fingerprint density at radius 2 is 1.92 bits per heavy atom. The number of furan rings is 1. The maximum atomic E-state index is 12.5. The Bertz CT molecular complexity index is 596. The standard InChI is InChI=1S/C19H28N2O3/c1-12(14-5-7-21(8-6-14)19(23)13(2)20)9-17(22)16-10-18(24-11-16)15-3-4-15/h10-15H,3-9,20H2,1-2H3/t12?,13-/m1/s1. The quantitative estimate of drug-likeness (QED) is 0.813. The zero-order valence-corrected chi connectivity index (χ0v) is 14.7. The van der Waals surface area contributed by atoms with Crippen LogP contribution in [0.2, 0.25) is 0 Å². The van der Waals surface area contributed by atoms with Crippen molar-refractivity contribution < 1.29 is 14.0 Å². The van der Waals surface area contributed by atoms with Gasteiger partial charge in [0.2, 0.25) is 5.91 Å². The molecule has 1 aliphatic heterocycles. The molecule has 2 N–H and O–H groups in total. The average molecular weight is 332 g/mol. The summed E-state index contributed by atoms with van der Waals surface area (Å²) in [5, 5.41) is 0. The van der Waals surface area contributed by atoms with Crippen molar-refractivity contribution in [1.29, 1.82) is 0 Å². The molecule has 5 heteroatoms. The Morgan fingerprint density at radius 1 is 1.25 bits per heavy atom. The van der Waals surface area contributed by atoms with Crippen molar-refractivity contribution in [2.75, 3.05) is 13.1 Å². The fraction of sp³-hybridized carbons (Fsp3) is 0.684. The van der Waals surface area contributed by atoms with Crippen LogP contribution in [0.1, 0.15) is 68.0 Å². The van der Waals surface area contributed by atoms with E-state index in [1.807, 2.05) is 11.0 Å². The van der Waals surface area contributed by atoms with Gasteiger partial charge in [0.25, 0.3) is 0 Å². The SMILES string of the molecule is CC(CC(=O)c1coc(C2CC2)c1)C1CCN(C(=O)[C@@H](C)N)CC1. The number of hydrogen-bond acceptors (Lipinski definition) is 4. The fourth-order valence-electron chi connectivity index (χ4n) is 3.63. The van der Waals surface area contributed by atoms with Crippen molar-refractivity contribution in [1.82, 2.24) is 4.90 Å². The topological polar surface area (TPSA) is 76.5 Å². The van der Waals surface area contributed by atoms with Crippen LogP contribution in [0.15, 0.2) is 16.7 Å². The predicted molar refractivity (Wildman–Crippen MR) is 91.7 cm³/mol. The molecule has 132 valence electrons. The highest BCUT2D eigenvalue weighted by Gasteiger charge is 2.30. The summed E-state index contributed by atoms with van der Waals surface area (Å²) in [4.78, 5) is 26.3. The minimum atomic E-state index is -0.428. The number of carbonyl (C=O) groups excluding carboxylic acids is 2. The van der Waals surface area contributed by atoms with E-state index < -0.39 is 6.04 Å². The molecule has 0 radical (unpaired) electrons. The van der Waals surface area contributed by atoms with Crippen LogP contribution in [-0.2, 0) is 4.79 Å². The van der Waals surface area contributed by atoms with Gasteiger partial charge in [0.15, 0.2) is 5.78 Å². The van der Waals surface area contributed by atoms with E-state index in [1.54, 1.807) is 13.2 Å². The second kappa shape index (κ2) is 7.09. The highest BCUT2D eigenvalue weighted by molar-refractivity contribution is 5.96. The van der Waals surface area contributed by atoms with Crippen molar-refractivity contribution in [2.45, 2.75) is 57.9 Å². The molecule has 2 atom stereocenters. The minimum Gasteiger partial charge on any atom is -0.468 e. The van der Waals surface area contributed by atoms with Crippen LogP contribution in [0, 0.1) is 11.8 Å². The number of likely N-dealkylation sites (tertiary alicyclic amines) is 1. The number of amides is 1. The van der Waals surface area contributed by atoms with Crippen LogP contribution in [0.25, 0.3) is 0 Å². The zero-order chi connectivity index (χ0) is 17.3.